The van der Waals surface area contributed by atoms with E-state index in [-0.39, 0.29) is 11.9 Å². The molecule has 0 bridgehead atoms. The molecule has 0 aromatic heterocycles. The first-order valence-electron chi connectivity index (χ1n) is 6.58. The van der Waals surface area contributed by atoms with Crippen molar-refractivity contribution < 1.29 is 14.3 Å². The SMILES string of the molecule is N[C@@H]1C/C=C/CCCOC(=O)[C@@H]2CCCN2C1=O. The highest BCUT2D eigenvalue weighted by Gasteiger charge is 2.36. The van der Waals surface area contributed by atoms with Gasteiger partial charge in [0.05, 0.1) is 12.6 Å². The van der Waals surface area contributed by atoms with E-state index in [4.69, 9.17) is 10.5 Å². The van der Waals surface area contributed by atoms with Crippen molar-refractivity contribution in [3.63, 3.8) is 0 Å². The average molecular weight is 252 g/mol. The van der Waals surface area contributed by atoms with Gasteiger partial charge in [-0.05, 0) is 32.1 Å². The number of nitrogens with two attached hydrogens (primary N) is 1. The number of fused-ring (bicyclic) bond motifs is 1. The van der Waals surface area contributed by atoms with Crippen LogP contribution < -0.4 is 5.73 Å². The van der Waals surface area contributed by atoms with Crippen LogP contribution in [0.5, 0.6) is 0 Å². The van der Waals surface area contributed by atoms with E-state index in [0.29, 0.717) is 26.0 Å². The lowest BCUT2D eigenvalue weighted by Gasteiger charge is -2.26. The molecule has 0 radical (unpaired) electrons. The standard InChI is InChI=1S/C13H20N2O3/c14-10-6-3-1-2-4-9-18-13(17)11-7-5-8-15(11)12(10)16/h1,3,10-11H,2,4-9,14H2/b3-1+/t10-,11+/m1/s1. The lowest BCUT2D eigenvalue weighted by Crippen LogP contribution is -2.48. The topological polar surface area (TPSA) is 72.6 Å². The van der Waals surface area contributed by atoms with Crippen LogP contribution >= 0.6 is 0 Å². The molecular formula is C13H20N2O3. The summed E-state index contributed by atoms with van der Waals surface area (Å²) >= 11 is 0. The molecule has 0 unspecified atom stereocenters. The zero-order chi connectivity index (χ0) is 13.0. The predicted octanol–water partition coefficient (Wildman–Crippen LogP) is 0.588. The summed E-state index contributed by atoms with van der Waals surface area (Å²) in [6.45, 7) is 1.03. The Morgan fingerprint density at radius 3 is 2.94 bits per heavy atom. The van der Waals surface area contributed by atoms with Crippen molar-refractivity contribution in [2.45, 2.75) is 44.2 Å². The van der Waals surface area contributed by atoms with Gasteiger partial charge in [-0.1, -0.05) is 12.2 Å². The molecule has 0 aliphatic carbocycles. The molecule has 2 aliphatic rings. The van der Waals surface area contributed by atoms with Crippen molar-refractivity contribution >= 4 is 11.9 Å². The summed E-state index contributed by atoms with van der Waals surface area (Å²) in [5.74, 6) is -0.419. The quantitative estimate of drug-likeness (QED) is 0.506. The zero-order valence-corrected chi connectivity index (χ0v) is 10.5. The molecule has 0 aromatic rings. The smallest absolute Gasteiger partial charge is 0.328 e. The Hall–Kier alpha value is -1.36. The first kappa shape index (κ1) is 13.1. The molecule has 1 saturated heterocycles. The van der Waals surface area contributed by atoms with Gasteiger partial charge >= 0.3 is 5.97 Å². The molecule has 2 N–H and O–H groups in total. The van der Waals surface area contributed by atoms with Gasteiger partial charge in [-0.2, -0.15) is 0 Å². The first-order valence-corrected chi connectivity index (χ1v) is 6.58. The second kappa shape index (κ2) is 6.00. The van der Waals surface area contributed by atoms with E-state index in [9.17, 15) is 9.59 Å². The highest BCUT2D eigenvalue weighted by atomic mass is 16.5. The van der Waals surface area contributed by atoms with Crippen molar-refractivity contribution in [3.05, 3.63) is 12.2 Å². The third kappa shape index (κ3) is 2.90. The van der Waals surface area contributed by atoms with Gasteiger partial charge in [0.2, 0.25) is 5.91 Å². The highest BCUT2D eigenvalue weighted by molar-refractivity contribution is 5.88. The van der Waals surface area contributed by atoms with Crippen LogP contribution in [0.15, 0.2) is 12.2 Å². The minimum absolute atomic E-state index is 0.139. The Morgan fingerprint density at radius 2 is 2.11 bits per heavy atom. The van der Waals surface area contributed by atoms with E-state index < -0.39 is 12.1 Å². The molecule has 2 aliphatic heterocycles. The molecule has 1 fully saturated rings. The molecule has 1 amide bonds. The molecule has 0 aromatic carbocycles. The number of allylic oxidation sites excluding steroid dienone is 1. The number of ether oxygens (including phenoxy) is 1. The van der Waals surface area contributed by atoms with E-state index in [0.717, 1.165) is 19.3 Å². The summed E-state index contributed by atoms with van der Waals surface area (Å²) in [7, 11) is 0. The number of nitrogens with zero attached hydrogens (tertiary/aromatic N) is 1. The maximum Gasteiger partial charge on any atom is 0.328 e. The second-order valence-corrected chi connectivity index (χ2v) is 4.81. The summed E-state index contributed by atoms with van der Waals surface area (Å²) in [6, 6.07) is -0.971. The van der Waals surface area contributed by atoms with Crippen molar-refractivity contribution in [3.8, 4) is 0 Å². The van der Waals surface area contributed by atoms with Gasteiger partial charge in [0.15, 0.2) is 0 Å². The number of hydrogen-bond acceptors (Lipinski definition) is 4. The van der Waals surface area contributed by atoms with Crippen molar-refractivity contribution in [1.29, 1.82) is 0 Å². The van der Waals surface area contributed by atoms with E-state index in [2.05, 4.69) is 0 Å². The second-order valence-electron chi connectivity index (χ2n) is 4.81. The summed E-state index contributed by atoms with van der Waals surface area (Å²) < 4.78 is 5.20. The molecular weight excluding hydrogens is 232 g/mol. The van der Waals surface area contributed by atoms with Crippen LogP contribution in [0, 0.1) is 0 Å². The third-order valence-corrected chi connectivity index (χ3v) is 3.44. The Labute approximate surface area is 107 Å². The van der Waals surface area contributed by atoms with Gasteiger partial charge < -0.3 is 15.4 Å². The van der Waals surface area contributed by atoms with Gasteiger partial charge in [-0.3, -0.25) is 4.79 Å². The summed E-state index contributed by atoms with van der Waals surface area (Å²) in [5, 5.41) is 0. The third-order valence-electron chi connectivity index (χ3n) is 3.44. The maximum atomic E-state index is 12.1. The Kier molecular flexibility index (Phi) is 4.36. The fraction of sp³-hybridized carbons (Fsp3) is 0.692. The molecule has 100 valence electrons. The van der Waals surface area contributed by atoms with Crippen molar-refractivity contribution in [2.24, 2.45) is 5.73 Å². The molecule has 0 saturated carbocycles. The zero-order valence-electron chi connectivity index (χ0n) is 10.5. The van der Waals surface area contributed by atoms with Gasteiger partial charge in [0.1, 0.15) is 6.04 Å². The van der Waals surface area contributed by atoms with E-state index in [1.165, 1.54) is 0 Å². The Balaban J connectivity index is 2.12. The number of esters is 1. The molecule has 2 heterocycles. The predicted molar refractivity (Wildman–Crippen MR) is 66.7 cm³/mol. The van der Waals surface area contributed by atoms with E-state index >= 15 is 0 Å². The van der Waals surface area contributed by atoms with Gasteiger partial charge in [0, 0.05) is 6.54 Å². The minimum Gasteiger partial charge on any atom is -0.464 e. The largest absolute Gasteiger partial charge is 0.464 e. The number of cyclic esters (lactones) is 1. The molecule has 18 heavy (non-hydrogen) atoms. The number of carbonyl (C=O) groups excluding carboxylic acids is 2. The number of rotatable bonds is 0. The van der Waals surface area contributed by atoms with Crippen LogP contribution in [0.4, 0.5) is 0 Å². The Bertz CT molecular complexity index is 354. The van der Waals surface area contributed by atoms with Crippen LogP contribution in [0.1, 0.15) is 32.1 Å². The molecule has 5 nitrogen and oxygen atoms in total. The van der Waals surface area contributed by atoms with Gasteiger partial charge in [-0.25, -0.2) is 4.79 Å². The highest BCUT2D eigenvalue weighted by Crippen LogP contribution is 2.20. The monoisotopic (exact) mass is 252 g/mol. The number of carbonyl (C=O) groups is 2. The van der Waals surface area contributed by atoms with E-state index in [1.54, 1.807) is 4.90 Å². The van der Waals surface area contributed by atoms with Crippen LogP contribution in [-0.4, -0.2) is 42.0 Å². The summed E-state index contributed by atoms with van der Waals surface area (Å²) in [4.78, 5) is 25.6. The minimum atomic E-state index is -0.547. The van der Waals surface area contributed by atoms with Crippen LogP contribution in [-0.2, 0) is 14.3 Å². The van der Waals surface area contributed by atoms with Crippen molar-refractivity contribution in [1.82, 2.24) is 4.90 Å². The first-order chi connectivity index (χ1) is 8.70. The normalized spacial score (nSPS) is 32.2. The number of hydrogen-bond donors (Lipinski definition) is 1. The fourth-order valence-electron chi connectivity index (χ4n) is 2.42. The molecule has 0 spiro atoms. The van der Waals surface area contributed by atoms with Crippen LogP contribution in [0.25, 0.3) is 0 Å². The number of amides is 1. The van der Waals surface area contributed by atoms with Crippen molar-refractivity contribution in [2.75, 3.05) is 13.2 Å². The lowest BCUT2D eigenvalue weighted by atomic mass is 10.1. The van der Waals surface area contributed by atoms with Gasteiger partial charge in [-0.15, -0.1) is 0 Å². The molecule has 2 rings (SSSR count). The van der Waals surface area contributed by atoms with Gasteiger partial charge in [0.25, 0.3) is 0 Å². The Morgan fingerprint density at radius 1 is 1.28 bits per heavy atom. The average Bonchev–Trinajstić information content (AvgIpc) is 2.84. The molecule has 5 heteroatoms. The van der Waals surface area contributed by atoms with Crippen LogP contribution in [0.2, 0.25) is 0 Å². The fourth-order valence-corrected chi connectivity index (χ4v) is 2.42. The summed E-state index contributed by atoms with van der Waals surface area (Å²) in [6.07, 6.45) is 7.67. The van der Waals surface area contributed by atoms with E-state index in [1.807, 2.05) is 12.2 Å². The maximum absolute atomic E-state index is 12.1. The summed E-state index contributed by atoms with van der Waals surface area (Å²) in [5.41, 5.74) is 5.87. The molecule has 2 atom stereocenters. The van der Waals surface area contributed by atoms with Crippen LogP contribution in [0.3, 0.4) is 0 Å². The lowest BCUT2D eigenvalue weighted by molar-refractivity contribution is -0.153.